The maximum absolute atomic E-state index is 10.6. The number of aliphatic hydroxyl groups is 2. The molecule has 5 N–H and O–H groups in total. The summed E-state index contributed by atoms with van der Waals surface area (Å²) in [6.07, 6.45) is -3.31. The van der Waals surface area contributed by atoms with Gasteiger partial charge < -0.3 is 21.1 Å². The van der Waals surface area contributed by atoms with Crippen LogP contribution in [0.25, 0.3) is 11.3 Å². The van der Waals surface area contributed by atoms with Crippen molar-refractivity contribution in [1.82, 2.24) is 4.98 Å². The zero-order chi connectivity index (χ0) is 14.0. The Kier molecular flexibility index (Phi) is 3.79. The van der Waals surface area contributed by atoms with Crippen LogP contribution < -0.4 is 5.73 Å². The highest BCUT2D eigenvalue weighted by molar-refractivity contribution is 7.13. The number of benzene rings is 1. The van der Waals surface area contributed by atoms with Crippen LogP contribution in [0, 0.1) is 0 Å². The minimum atomic E-state index is -1.85. The Bertz CT molecular complexity index is 582. The molecule has 1 aromatic heterocycles. The van der Waals surface area contributed by atoms with Crippen molar-refractivity contribution < 1.29 is 20.1 Å². The van der Waals surface area contributed by atoms with Gasteiger partial charge >= 0.3 is 5.97 Å². The number of carbonyl (C=O) groups is 1. The number of nitrogens with two attached hydrogens (primary N) is 1. The monoisotopic (exact) mass is 280 g/mol. The summed E-state index contributed by atoms with van der Waals surface area (Å²) >= 11 is 1.32. The number of rotatable bonds is 4. The first-order chi connectivity index (χ1) is 8.99. The highest BCUT2D eigenvalue weighted by atomic mass is 32.1. The summed E-state index contributed by atoms with van der Waals surface area (Å²) in [6.45, 7) is 0. The first kappa shape index (κ1) is 13.5. The molecule has 19 heavy (non-hydrogen) atoms. The van der Waals surface area contributed by atoms with Gasteiger partial charge in [-0.3, -0.25) is 0 Å². The molecule has 1 heterocycles. The molecule has 1 aromatic carbocycles. The fourth-order valence-electron chi connectivity index (χ4n) is 1.59. The molecule has 0 aliphatic carbocycles. The number of carboxylic acid groups (broad SMARTS) is 1. The van der Waals surface area contributed by atoms with Crippen LogP contribution in [0.1, 0.15) is 11.7 Å². The third-order valence-corrected chi connectivity index (χ3v) is 3.30. The predicted molar refractivity (Wildman–Crippen MR) is 70.6 cm³/mol. The van der Waals surface area contributed by atoms with E-state index in [1.54, 1.807) is 29.6 Å². The lowest BCUT2D eigenvalue weighted by molar-refractivity contribution is -0.153. The van der Waals surface area contributed by atoms with Crippen molar-refractivity contribution in [2.75, 3.05) is 5.73 Å². The van der Waals surface area contributed by atoms with Crippen molar-refractivity contribution in [1.29, 1.82) is 0 Å². The normalized spacial score (nSPS) is 14.0. The minimum Gasteiger partial charge on any atom is -0.479 e. The standard InChI is InChI=1S/C12H12N2O4S/c13-12-14-8(5-19-12)6-1-3-7(4-2-6)9(15)10(16)11(17)18/h1-5,9-10,15-16H,(H2,13,14)(H,17,18). The highest BCUT2D eigenvalue weighted by Gasteiger charge is 2.24. The Morgan fingerprint density at radius 3 is 2.37 bits per heavy atom. The molecule has 2 aromatic rings. The summed E-state index contributed by atoms with van der Waals surface area (Å²) in [7, 11) is 0. The molecule has 0 radical (unpaired) electrons. The van der Waals surface area contributed by atoms with Crippen LogP contribution in [0.15, 0.2) is 29.6 Å². The van der Waals surface area contributed by atoms with Crippen molar-refractivity contribution in [3.8, 4) is 11.3 Å². The van der Waals surface area contributed by atoms with Gasteiger partial charge in [0.25, 0.3) is 0 Å². The first-order valence-corrected chi connectivity index (χ1v) is 6.27. The van der Waals surface area contributed by atoms with Gasteiger partial charge in [-0.2, -0.15) is 0 Å². The number of anilines is 1. The van der Waals surface area contributed by atoms with Gasteiger partial charge in [0.1, 0.15) is 6.10 Å². The Morgan fingerprint density at radius 1 is 1.26 bits per heavy atom. The van der Waals surface area contributed by atoms with Gasteiger partial charge in [0, 0.05) is 10.9 Å². The van der Waals surface area contributed by atoms with E-state index in [0.29, 0.717) is 16.4 Å². The SMILES string of the molecule is Nc1nc(-c2ccc(C(O)C(O)C(=O)O)cc2)cs1. The first-order valence-electron chi connectivity index (χ1n) is 5.39. The van der Waals surface area contributed by atoms with Crippen molar-refractivity contribution in [3.63, 3.8) is 0 Å². The van der Waals surface area contributed by atoms with Gasteiger partial charge in [0.2, 0.25) is 0 Å². The number of aliphatic hydroxyl groups excluding tert-OH is 2. The number of aromatic nitrogens is 1. The van der Waals surface area contributed by atoms with E-state index in [1.165, 1.54) is 11.3 Å². The van der Waals surface area contributed by atoms with Crippen LogP contribution in [0.2, 0.25) is 0 Å². The second-order valence-electron chi connectivity index (χ2n) is 3.92. The molecule has 0 spiro atoms. The number of hydrogen-bond acceptors (Lipinski definition) is 6. The molecule has 2 unspecified atom stereocenters. The number of thiazole rings is 1. The Hall–Kier alpha value is -1.96. The number of carboxylic acids is 1. The lowest BCUT2D eigenvalue weighted by Gasteiger charge is -2.14. The second kappa shape index (κ2) is 5.35. The number of hydrogen-bond donors (Lipinski definition) is 4. The average molecular weight is 280 g/mol. The molecule has 0 saturated heterocycles. The van der Waals surface area contributed by atoms with Crippen molar-refractivity contribution in [2.45, 2.75) is 12.2 Å². The molecular weight excluding hydrogens is 268 g/mol. The molecule has 6 nitrogen and oxygen atoms in total. The van der Waals surface area contributed by atoms with Crippen LogP contribution in [-0.2, 0) is 4.79 Å². The fraction of sp³-hybridized carbons (Fsp3) is 0.167. The Morgan fingerprint density at radius 2 is 1.89 bits per heavy atom. The van der Waals surface area contributed by atoms with E-state index in [9.17, 15) is 15.0 Å². The molecule has 0 saturated carbocycles. The van der Waals surface area contributed by atoms with Crippen LogP contribution in [-0.4, -0.2) is 32.4 Å². The summed E-state index contributed by atoms with van der Waals surface area (Å²) in [5.74, 6) is -1.47. The lowest BCUT2D eigenvalue weighted by atomic mass is 10.0. The van der Waals surface area contributed by atoms with Crippen molar-refractivity contribution in [3.05, 3.63) is 35.2 Å². The summed E-state index contributed by atoms with van der Waals surface area (Å²) < 4.78 is 0. The summed E-state index contributed by atoms with van der Waals surface area (Å²) in [5, 5.41) is 29.8. The molecule has 0 amide bonds. The van der Waals surface area contributed by atoms with Gasteiger partial charge in [0.05, 0.1) is 5.69 Å². The van der Waals surface area contributed by atoms with Crippen LogP contribution in [0.3, 0.4) is 0 Å². The van der Waals surface area contributed by atoms with E-state index in [2.05, 4.69) is 4.98 Å². The molecule has 2 atom stereocenters. The van der Waals surface area contributed by atoms with E-state index in [1.807, 2.05) is 0 Å². The maximum atomic E-state index is 10.6. The van der Waals surface area contributed by atoms with Crippen molar-refractivity contribution >= 4 is 22.4 Å². The maximum Gasteiger partial charge on any atom is 0.335 e. The molecule has 0 bridgehead atoms. The van der Waals surface area contributed by atoms with Gasteiger partial charge in [0.15, 0.2) is 11.2 Å². The summed E-state index contributed by atoms with van der Waals surface area (Å²) in [5.41, 5.74) is 7.37. The second-order valence-corrected chi connectivity index (χ2v) is 4.81. The Labute approximate surface area is 112 Å². The van der Waals surface area contributed by atoms with Gasteiger partial charge in [-0.1, -0.05) is 24.3 Å². The number of nitrogens with zero attached hydrogens (tertiary/aromatic N) is 1. The zero-order valence-electron chi connectivity index (χ0n) is 9.72. The topological polar surface area (TPSA) is 117 Å². The summed E-state index contributed by atoms with van der Waals surface area (Å²) in [4.78, 5) is 14.7. The Balaban J connectivity index is 2.21. The average Bonchev–Trinajstić information content (AvgIpc) is 2.84. The van der Waals surface area contributed by atoms with E-state index in [4.69, 9.17) is 10.8 Å². The minimum absolute atomic E-state index is 0.321. The largest absolute Gasteiger partial charge is 0.479 e. The molecule has 7 heteroatoms. The molecule has 0 fully saturated rings. The van der Waals surface area contributed by atoms with E-state index >= 15 is 0 Å². The van der Waals surface area contributed by atoms with Gasteiger partial charge in [-0.05, 0) is 5.56 Å². The number of nitrogen functional groups attached to an aromatic ring is 1. The summed E-state index contributed by atoms with van der Waals surface area (Å²) in [6, 6.07) is 6.45. The molecule has 2 rings (SSSR count). The van der Waals surface area contributed by atoms with E-state index in [0.717, 1.165) is 5.56 Å². The van der Waals surface area contributed by atoms with Crippen LogP contribution in [0.4, 0.5) is 5.13 Å². The molecule has 0 aliphatic heterocycles. The molecule has 0 aliphatic rings. The van der Waals surface area contributed by atoms with Gasteiger partial charge in [-0.15, -0.1) is 11.3 Å². The third-order valence-electron chi connectivity index (χ3n) is 2.62. The zero-order valence-corrected chi connectivity index (χ0v) is 10.5. The van der Waals surface area contributed by atoms with E-state index < -0.39 is 18.2 Å². The molecule has 100 valence electrons. The molecular formula is C12H12N2O4S. The smallest absolute Gasteiger partial charge is 0.335 e. The quantitative estimate of drug-likeness (QED) is 0.660. The number of aliphatic carboxylic acids is 1. The fourth-order valence-corrected chi connectivity index (χ4v) is 2.16. The highest BCUT2D eigenvalue weighted by Crippen LogP contribution is 2.25. The van der Waals surface area contributed by atoms with E-state index in [-0.39, 0.29) is 0 Å². The van der Waals surface area contributed by atoms with Gasteiger partial charge in [-0.25, -0.2) is 9.78 Å². The lowest BCUT2D eigenvalue weighted by Crippen LogP contribution is -2.27. The van der Waals surface area contributed by atoms with Crippen molar-refractivity contribution in [2.24, 2.45) is 0 Å². The van der Waals surface area contributed by atoms with Crippen LogP contribution >= 0.6 is 11.3 Å². The predicted octanol–water partition coefficient (Wildman–Crippen LogP) is 0.871. The third kappa shape index (κ3) is 2.90. The van der Waals surface area contributed by atoms with Crippen LogP contribution in [0.5, 0.6) is 0 Å².